The lowest BCUT2D eigenvalue weighted by molar-refractivity contribution is -0.113. The van der Waals surface area contributed by atoms with Crippen molar-refractivity contribution in [3.05, 3.63) is 66.7 Å². The van der Waals surface area contributed by atoms with Crippen molar-refractivity contribution in [2.75, 3.05) is 23.5 Å². The number of ether oxygens (including phenoxy) is 1. The maximum atomic E-state index is 12.5. The highest BCUT2D eigenvalue weighted by molar-refractivity contribution is 7.99. The van der Waals surface area contributed by atoms with Crippen molar-refractivity contribution >= 4 is 34.1 Å². The summed E-state index contributed by atoms with van der Waals surface area (Å²) in [4.78, 5) is 12.5. The molecular weight excluding hydrogens is 398 g/mol. The van der Waals surface area contributed by atoms with Gasteiger partial charge in [-0.05, 0) is 42.6 Å². The zero-order valence-corrected chi connectivity index (χ0v) is 17.2. The van der Waals surface area contributed by atoms with E-state index in [1.165, 1.54) is 16.4 Å². The van der Waals surface area contributed by atoms with Crippen LogP contribution < -0.4 is 15.9 Å². The molecular formula is C22H21N5O2S. The molecule has 0 saturated heterocycles. The predicted octanol–water partition coefficient (Wildman–Crippen LogP) is 3.94. The van der Waals surface area contributed by atoms with Crippen LogP contribution in [0.5, 0.6) is 5.75 Å². The van der Waals surface area contributed by atoms with Crippen molar-refractivity contribution in [2.24, 2.45) is 0 Å². The normalized spacial score (nSPS) is 10.8. The van der Waals surface area contributed by atoms with E-state index in [4.69, 9.17) is 10.6 Å². The molecule has 1 heterocycles. The lowest BCUT2D eigenvalue weighted by Crippen LogP contribution is -2.16. The number of thioether (sulfide) groups is 1. The number of amides is 1. The lowest BCUT2D eigenvalue weighted by Gasteiger charge is -2.08. The first-order valence-electron chi connectivity index (χ1n) is 9.50. The molecule has 0 aliphatic carbocycles. The molecule has 3 N–H and O–H groups in total. The summed E-state index contributed by atoms with van der Waals surface area (Å²) in [7, 11) is 0. The SMILES string of the molecule is CCOc1ccc(-c2nnc(SCC(=O)Nc3cccc4ccccc34)n2N)cc1. The number of nitrogens with two attached hydrogens (primary N) is 1. The third-order valence-electron chi connectivity index (χ3n) is 4.48. The van der Waals surface area contributed by atoms with Crippen LogP contribution in [0.25, 0.3) is 22.2 Å². The lowest BCUT2D eigenvalue weighted by atomic mass is 10.1. The summed E-state index contributed by atoms with van der Waals surface area (Å²) < 4.78 is 6.84. The second-order valence-corrected chi connectivity index (χ2v) is 7.44. The van der Waals surface area contributed by atoms with Crippen molar-refractivity contribution in [1.29, 1.82) is 0 Å². The maximum absolute atomic E-state index is 12.5. The van der Waals surface area contributed by atoms with Crippen LogP contribution in [0.2, 0.25) is 0 Å². The van der Waals surface area contributed by atoms with Crippen molar-refractivity contribution in [3.63, 3.8) is 0 Å². The largest absolute Gasteiger partial charge is 0.494 e. The van der Waals surface area contributed by atoms with E-state index >= 15 is 0 Å². The average Bonchev–Trinajstić information content (AvgIpc) is 3.14. The Morgan fingerprint density at radius 3 is 2.63 bits per heavy atom. The first kappa shape index (κ1) is 19.8. The summed E-state index contributed by atoms with van der Waals surface area (Å²) in [5.41, 5.74) is 1.60. The van der Waals surface area contributed by atoms with Crippen molar-refractivity contribution in [1.82, 2.24) is 14.9 Å². The third-order valence-corrected chi connectivity index (χ3v) is 5.43. The molecule has 0 atom stereocenters. The van der Waals surface area contributed by atoms with Crippen molar-refractivity contribution < 1.29 is 9.53 Å². The molecule has 0 aliphatic heterocycles. The topological polar surface area (TPSA) is 95.1 Å². The van der Waals surface area contributed by atoms with Gasteiger partial charge in [-0.1, -0.05) is 48.2 Å². The molecule has 0 aliphatic rings. The standard InChI is InChI=1S/C22H21N5O2S/c1-2-29-17-12-10-16(11-13-17)21-25-26-22(27(21)23)30-14-20(28)24-19-9-5-7-15-6-3-4-8-18(15)19/h3-13H,2,14,23H2,1H3,(H,24,28). The van der Waals surface area contributed by atoms with Crippen LogP contribution in [0.1, 0.15) is 6.92 Å². The second-order valence-electron chi connectivity index (χ2n) is 6.50. The van der Waals surface area contributed by atoms with Crippen LogP contribution in [0.3, 0.4) is 0 Å². The molecule has 0 spiro atoms. The highest BCUT2D eigenvalue weighted by atomic mass is 32.2. The Kier molecular flexibility index (Phi) is 5.85. The van der Waals surface area contributed by atoms with Gasteiger partial charge in [0.1, 0.15) is 5.75 Å². The molecule has 0 fully saturated rings. The highest BCUT2D eigenvalue weighted by Crippen LogP contribution is 2.25. The Morgan fingerprint density at radius 2 is 1.83 bits per heavy atom. The fourth-order valence-electron chi connectivity index (χ4n) is 3.09. The predicted molar refractivity (Wildman–Crippen MR) is 120 cm³/mol. The van der Waals surface area contributed by atoms with E-state index in [1.807, 2.05) is 73.7 Å². The number of hydrogen-bond donors (Lipinski definition) is 2. The molecule has 1 aromatic heterocycles. The monoisotopic (exact) mass is 419 g/mol. The summed E-state index contributed by atoms with van der Waals surface area (Å²) in [6.45, 7) is 2.54. The van der Waals surface area contributed by atoms with Gasteiger partial charge in [-0.3, -0.25) is 4.79 Å². The molecule has 0 bridgehead atoms. The van der Waals surface area contributed by atoms with Gasteiger partial charge in [-0.25, -0.2) is 4.68 Å². The molecule has 0 unspecified atom stereocenters. The minimum atomic E-state index is -0.137. The number of nitrogens with zero attached hydrogens (tertiary/aromatic N) is 3. The molecule has 4 aromatic rings. The molecule has 3 aromatic carbocycles. The van der Waals surface area contributed by atoms with Gasteiger partial charge in [0.15, 0.2) is 5.82 Å². The zero-order valence-electron chi connectivity index (χ0n) is 16.4. The first-order valence-corrected chi connectivity index (χ1v) is 10.5. The Hall–Kier alpha value is -3.52. The number of nitrogens with one attached hydrogen (secondary N) is 1. The Bertz CT molecular complexity index is 1170. The van der Waals surface area contributed by atoms with Crippen molar-refractivity contribution in [2.45, 2.75) is 12.1 Å². The highest BCUT2D eigenvalue weighted by Gasteiger charge is 2.14. The molecule has 30 heavy (non-hydrogen) atoms. The second kappa shape index (κ2) is 8.87. The summed E-state index contributed by atoms with van der Waals surface area (Å²) in [5.74, 6) is 7.49. The van der Waals surface area contributed by atoms with Crippen LogP contribution in [-0.2, 0) is 4.79 Å². The van der Waals surface area contributed by atoms with Gasteiger partial charge in [0.25, 0.3) is 0 Å². The Labute approximate surface area is 178 Å². The summed E-state index contributed by atoms with van der Waals surface area (Å²) in [6.07, 6.45) is 0. The molecule has 0 radical (unpaired) electrons. The van der Waals surface area contributed by atoms with E-state index in [1.54, 1.807) is 0 Å². The molecule has 1 amide bonds. The quantitative estimate of drug-likeness (QED) is 0.348. The molecule has 0 saturated carbocycles. The summed E-state index contributed by atoms with van der Waals surface area (Å²) >= 11 is 1.23. The van der Waals surface area contributed by atoms with Crippen LogP contribution in [0.4, 0.5) is 5.69 Å². The van der Waals surface area contributed by atoms with Gasteiger partial charge in [-0.15, -0.1) is 10.2 Å². The number of benzene rings is 3. The number of anilines is 1. The molecule has 7 nitrogen and oxygen atoms in total. The smallest absolute Gasteiger partial charge is 0.234 e. The zero-order chi connectivity index (χ0) is 20.9. The number of aromatic nitrogens is 3. The van der Waals surface area contributed by atoms with Crippen LogP contribution >= 0.6 is 11.8 Å². The minimum Gasteiger partial charge on any atom is -0.494 e. The van der Waals surface area contributed by atoms with E-state index in [2.05, 4.69) is 15.5 Å². The maximum Gasteiger partial charge on any atom is 0.234 e. The third kappa shape index (κ3) is 4.23. The van der Waals surface area contributed by atoms with Gasteiger partial charge < -0.3 is 15.9 Å². The van der Waals surface area contributed by atoms with Gasteiger partial charge in [0, 0.05) is 16.6 Å². The van der Waals surface area contributed by atoms with Crippen LogP contribution in [0, 0.1) is 0 Å². The number of rotatable bonds is 7. The van der Waals surface area contributed by atoms with Gasteiger partial charge in [-0.2, -0.15) is 0 Å². The average molecular weight is 420 g/mol. The van der Waals surface area contributed by atoms with E-state index < -0.39 is 0 Å². The Balaban J connectivity index is 1.42. The molecule has 8 heteroatoms. The number of nitrogen functional groups attached to an aromatic ring is 1. The van der Waals surface area contributed by atoms with Gasteiger partial charge in [0.05, 0.1) is 12.4 Å². The van der Waals surface area contributed by atoms with Crippen LogP contribution in [0.15, 0.2) is 71.9 Å². The van der Waals surface area contributed by atoms with Crippen molar-refractivity contribution in [3.8, 4) is 17.1 Å². The summed E-state index contributed by atoms with van der Waals surface area (Å²) in [6, 6.07) is 21.2. The fourth-order valence-corrected chi connectivity index (χ4v) is 3.75. The number of hydrogen-bond acceptors (Lipinski definition) is 6. The Morgan fingerprint density at radius 1 is 1.07 bits per heavy atom. The molecule has 152 valence electrons. The first-order chi connectivity index (χ1) is 14.7. The van der Waals surface area contributed by atoms with Crippen LogP contribution in [-0.4, -0.2) is 33.1 Å². The minimum absolute atomic E-state index is 0.137. The van der Waals surface area contributed by atoms with E-state index in [-0.39, 0.29) is 11.7 Å². The van der Waals surface area contributed by atoms with E-state index in [9.17, 15) is 4.79 Å². The summed E-state index contributed by atoms with van der Waals surface area (Å²) in [5, 5.41) is 13.8. The van der Waals surface area contributed by atoms with Gasteiger partial charge >= 0.3 is 0 Å². The van der Waals surface area contributed by atoms with Gasteiger partial charge in [0.2, 0.25) is 11.1 Å². The number of carbonyl (C=O) groups is 1. The number of fused-ring (bicyclic) bond motifs is 1. The van der Waals surface area contributed by atoms with E-state index in [0.29, 0.717) is 17.6 Å². The molecule has 4 rings (SSSR count). The number of carbonyl (C=O) groups excluding carboxylic acids is 1. The van der Waals surface area contributed by atoms with E-state index in [0.717, 1.165) is 27.8 Å². The fraction of sp³-hybridized carbons (Fsp3) is 0.136.